The van der Waals surface area contributed by atoms with Gasteiger partial charge in [0, 0.05) is 24.9 Å². The molecule has 38 heavy (non-hydrogen) atoms. The number of rotatable bonds is 9. The molecule has 3 aromatic rings. The highest BCUT2D eigenvalue weighted by molar-refractivity contribution is 7.92. The summed E-state index contributed by atoms with van der Waals surface area (Å²) < 4.78 is 66.4. The Morgan fingerprint density at radius 1 is 1.03 bits per heavy atom. The molecule has 0 radical (unpaired) electrons. The largest absolute Gasteiger partial charge is 0.501 e. The maximum absolute atomic E-state index is 12.7. The first-order valence-corrected chi connectivity index (χ1v) is 14.5. The number of hydrogen-bond donors (Lipinski definition) is 1. The highest BCUT2D eigenvalue weighted by atomic mass is 32.2. The molecule has 1 aliphatic rings. The monoisotopic (exact) mass is 589 g/mol. The normalized spacial score (nSPS) is 14.6. The van der Waals surface area contributed by atoms with Gasteiger partial charge in [-0.3, -0.25) is 9.59 Å². The number of Topliss-reactive ketones (excluding diaryl/α,β-unsaturated/α-hetero) is 1. The minimum Gasteiger partial charge on any atom is -0.389 e. The third-order valence-electron chi connectivity index (χ3n) is 5.63. The molecule has 1 saturated heterocycles. The molecular weight excluding hydrogens is 567 g/mol. The van der Waals surface area contributed by atoms with Crippen molar-refractivity contribution in [2.45, 2.75) is 36.3 Å². The summed E-state index contributed by atoms with van der Waals surface area (Å²) in [5.74, 6) is -0.371. The molecule has 2 aromatic heterocycles. The number of aliphatic hydroxyl groups is 1. The number of amides is 1. The van der Waals surface area contributed by atoms with Gasteiger partial charge in [-0.2, -0.15) is 13.2 Å². The van der Waals surface area contributed by atoms with E-state index in [1.54, 1.807) is 10.3 Å². The zero-order valence-corrected chi connectivity index (χ0v) is 22.2. The number of morpholine rings is 1. The Balaban J connectivity index is 1.42. The highest BCUT2D eigenvalue weighted by Crippen LogP contribution is 2.33. The molecule has 1 amide bonds. The Hall–Kier alpha value is -2.72. The summed E-state index contributed by atoms with van der Waals surface area (Å²) in [6, 6.07) is 4.01. The number of carbonyl (C=O) groups is 2. The summed E-state index contributed by atoms with van der Waals surface area (Å²) in [6.45, 7) is 1.64. The van der Waals surface area contributed by atoms with Crippen LogP contribution in [0.5, 0.6) is 0 Å². The SMILES string of the molecule is O=C(Cc1ccc(S(=O)(=O)C(F)(F)F)cc1)Cc1nc(-c2sc(CO)nc2CC(=O)N2CCOCC2)cs1. The first kappa shape index (κ1) is 28.3. The fraction of sp³-hybridized carbons (Fsp3) is 0.391. The number of ketones is 1. The van der Waals surface area contributed by atoms with Crippen LogP contribution in [0.1, 0.15) is 21.3 Å². The molecule has 204 valence electrons. The van der Waals surface area contributed by atoms with Gasteiger partial charge in [-0.05, 0) is 17.7 Å². The summed E-state index contributed by atoms with van der Waals surface area (Å²) in [5.41, 5.74) is -4.01. The van der Waals surface area contributed by atoms with E-state index >= 15 is 0 Å². The van der Waals surface area contributed by atoms with Crippen molar-refractivity contribution in [3.8, 4) is 10.6 Å². The molecule has 0 bridgehead atoms. The zero-order chi connectivity index (χ0) is 27.5. The predicted molar refractivity (Wildman–Crippen MR) is 132 cm³/mol. The lowest BCUT2D eigenvalue weighted by Gasteiger charge is -2.26. The summed E-state index contributed by atoms with van der Waals surface area (Å²) in [4.78, 5) is 35.6. The Morgan fingerprint density at radius 2 is 1.71 bits per heavy atom. The van der Waals surface area contributed by atoms with E-state index in [4.69, 9.17) is 4.74 Å². The van der Waals surface area contributed by atoms with E-state index in [9.17, 15) is 36.3 Å². The van der Waals surface area contributed by atoms with Crippen LogP contribution in [0.2, 0.25) is 0 Å². The average molecular weight is 590 g/mol. The lowest BCUT2D eigenvalue weighted by atomic mass is 10.1. The summed E-state index contributed by atoms with van der Waals surface area (Å²) in [6.07, 6.45) is -0.117. The van der Waals surface area contributed by atoms with Gasteiger partial charge in [0.15, 0.2) is 0 Å². The molecule has 15 heteroatoms. The highest BCUT2D eigenvalue weighted by Gasteiger charge is 2.46. The third-order valence-corrected chi connectivity index (χ3v) is 9.09. The van der Waals surface area contributed by atoms with Crippen molar-refractivity contribution in [3.05, 3.63) is 50.9 Å². The molecule has 0 aliphatic carbocycles. The first-order valence-electron chi connectivity index (χ1n) is 11.3. The van der Waals surface area contributed by atoms with Crippen LogP contribution < -0.4 is 0 Å². The number of ether oxygens (including phenoxy) is 1. The molecule has 1 fully saturated rings. The Morgan fingerprint density at radius 3 is 2.34 bits per heavy atom. The van der Waals surface area contributed by atoms with E-state index in [0.717, 1.165) is 12.1 Å². The standard InChI is InChI=1S/C23H22F3N3O6S3/c24-23(25,26)38(33,34)16-3-1-14(2-4-16)9-15(31)10-19-28-18(13-36-19)22-17(27-20(12-30)37-22)11-21(32)29-5-7-35-8-6-29/h1-4,13,30H,5-12H2. The van der Waals surface area contributed by atoms with Crippen molar-refractivity contribution < 1.29 is 41.0 Å². The van der Waals surface area contributed by atoms with E-state index in [1.165, 1.54) is 34.8 Å². The van der Waals surface area contributed by atoms with Gasteiger partial charge in [-0.15, -0.1) is 22.7 Å². The maximum Gasteiger partial charge on any atom is 0.501 e. The smallest absolute Gasteiger partial charge is 0.389 e. The molecule has 1 aromatic carbocycles. The summed E-state index contributed by atoms with van der Waals surface area (Å²) >= 11 is 2.45. The van der Waals surface area contributed by atoms with Crippen molar-refractivity contribution in [2.75, 3.05) is 26.3 Å². The van der Waals surface area contributed by atoms with E-state index in [2.05, 4.69) is 9.97 Å². The Kier molecular flexibility index (Phi) is 8.62. The van der Waals surface area contributed by atoms with Crippen LogP contribution in [0.3, 0.4) is 0 Å². The molecule has 0 unspecified atom stereocenters. The van der Waals surface area contributed by atoms with E-state index in [-0.39, 0.29) is 37.6 Å². The number of halogens is 3. The average Bonchev–Trinajstić information content (AvgIpc) is 3.50. The summed E-state index contributed by atoms with van der Waals surface area (Å²) in [7, 11) is -5.45. The van der Waals surface area contributed by atoms with Crippen LogP contribution in [-0.4, -0.2) is 71.9 Å². The maximum atomic E-state index is 12.7. The zero-order valence-electron chi connectivity index (χ0n) is 19.7. The van der Waals surface area contributed by atoms with Gasteiger partial charge < -0.3 is 14.7 Å². The molecule has 0 saturated carbocycles. The number of aromatic nitrogens is 2. The van der Waals surface area contributed by atoms with Crippen LogP contribution in [0.15, 0.2) is 34.5 Å². The van der Waals surface area contributed by atoms with Gasteiger partial charge in [0.05, 0.1) is 53.8 Å². The van der Waals surface area contributed by atoms with Gasteiger partial charge in [0.25, 0.3) is 9.84 Å². The van der Waals surface area contributed by atoms with Crippen LogP contribution in [-0.2, 0) is 50.0 Å². The quantitative estimate of drug-likeness (QED) is 0.404. The van der Waals surface area contributed by atoms with Gasteiger partial charge in [-0.25, -0.2) is 18.4 Å². The van der Waals surface area contributed by atoms with Crippen molar-refractivity contribution >= 4 is 44.2 Å². The minimum atomic E-state index is -5.45. The van der Waals surface area contributed by atoms with E-state index in [1.807, 2.05) is 0 Å². The molecule has 1 aliphatic heterocycles. The second-order valence-corrected chi connectivity index (χ2v) is 12.3. The number of aliphatic hydroxyl groups excluding tert-OH is 1. The molecule has 0 atom stereocenters. The minimum absolute atomic E-state index is 0.0394. The number of nitrogens with zero attached hydrogens (tertiary/aromatic N) is 3. The van der Waals surface area contributed by atoms with Crippen molar-refractivity contribution in [1.82, 2.24) is 14.9 Å². The molecule has 1 N–H and O–H groups in total. The van der Waals surface area contributed by atoms with Crippen LogP contribution in [0, 0.1) is 0 Å². The number of alkyl halides is 3. The van der Waals surface area contributed by atoms with Crippen LogP contribution in [0.25, 0.3) is 10.6 Å². The summed E-state index contributed by atoms with van der Waals surface area (Å²) in [5, 5.41) is 12.2. The lowest BCUT2D eigenvalue weighted by Crippen LogP contribution is -2.41. The Labute approximate surface area is 223 Å². The first-order chi connectivity index (χ1) is 18.0. The van der Waals surface area contributed by atoms with Crippen LogP contribution >= 0.6 is 22.7 Å². The molecular formula is C23H22F3N3O6S3. The molecule has 9 nitrogen and oxygen atoms in total. The van der Waals surface area contributed by atoms with Gasteiger partial charge in [-0.1, -0.05) is 12.1 Å². The topological polar surface area (TPSA) is 127 Å². The van der Waals surface area contributed by atoms with Crippen LogP contribution in [0.4, 0.5) is 13.2 Å². The third kappa shape index (κ3) is 6.46. The number of carbonyl (C=O) groups excluding carboxylic acids is 2. The molecule has 3 heterocycles. The Bertz CT molecular complexity index is 1410. The fourth-order valence-electron chi connectivity index (χ4n) is 3.73. The van der Waals surface area contributed by atoms with E-state index < -0.39 is 20.2 Å². The predicted octanol–water partition coefficient (Wildman–Crippen LogP) is 2.81. The number of hydrogen-bond acceptors (Lipinski definition) is 10. The number of sulfone groups is 1. The fourth-order valence-corrected chi connectivity index (χ4v) is 6.28. The van der Waals surface area contributed by atoms with Gasteiger partial charge in [0.1, 0.15) is 15.8 Å². The second kappa shape index (κ2) is 11.6. The van der Waals surface area contributed by atoms with Crippen molar-refractivity contribution in [2.24, 2.45) is 0 Å². The van der Waals surface area contributed by atoms with E-state index in [0.29, 0.717) is 58.1 Å². The number of benzene rings is 1. The molecule has 4 rings (SSSR count). The number of thiazole rings is 2. The lowest BCUT2D eigenvalue weighted by molar-refractivity contribution is -0.134. The van der Waals surface area contributed by atoms with Crippen molar-refractivity contribution in [1.29, 1.82) is 0 Å². The van der Waals surface area contributed by atoms with Gasteiger partial charge >= 0.3 is 5.51 Å². The van der Waals surface area contributed by atoms with Gasteiger partial charge in [0.2, 0.25) is 5.91 Å². The second-order valence-electron chi connectivity index (χ2n) is 8.32. The molecule has 0 spiro atoms. The van der Waals surface area contributed by atoms with Crippen molar-refractivity contribution in [3.63, 3.8) is 0 Å².